The molecule has 0 saturated heterocycles. The van der Waals surface area contributed by atoms with Gasteiger partial charge >= 0.3 is 0 Å². The van der Waals surface area contributed by atoms with Gasteiger partial charge in [-0.25, -0.2) is 0 Å². The fourth-order valence-electron chi connectivity index (χ4n) is 3.14. The predicted molar refractivity (Wildman–Crippen MR) is 81.0 cm³/mol. The molecule has 1 aromatic heterocycles. The number of nitrogens with one attached hydrogen (secondary N) is 2. The zero-order valence-corrected chi connectivity index (χ0v) is 12.1. The smallest absolute Gasteiger partial charge is 0.251 e. The summed E-state index contributed by atoms with van der Waals surface area (Å²) in [5.74, 6) is -0.0927. The number of amides is 1. The van der Waals surface area contributed by atoms with Crippen molar-refractivity contribution in [2.45, 2.75) is 32.1 Å². The largest absolute Gasteiger partial charge is 0.396 e. The molecule has 1 aromatic carbocycles. The van der Waals surface area contributed by atoms with E-state index in [-0.39, 0.29) is 17.9 Å². The number of aromatic amines is 1. The number of fused-ring (bicyclic) bond motifs is 1. The van der Waals surface area contributed by atoms with Crippen molar-refractivity contribution in [1.82, 2.24) is 15.5 Å². The Balaban J connectivity index is 1.67. The number of carbonyl (C=O) groups excluding carboxylic acids is 1. The molecule has 21 heavy (non-hydrogen) atoms. The van der Waals surface area contributed by atoms with Gasteiger partial charge in [-0.15, -0.1) is 0 Å². The van der Waals surface area contributed by atoms with E-state index in [1.807, 2.05) is 12.1 Å². The highest BCUT2D eigenvalue weighted by molar-refractivity contribution is 5.97. The van der Waals surface area contributed by atoms with Crippen LogP contribution in [0.4, 0.5) is 0 Å². The Morgan fingerprint density at radius 1 is 1.33 bits per heavy atom. The van der Waals surface area contributed by atoms with Gasteiger partial charge in [-0.3, -0.25) is 9.89 Å². The third-order valence-electron chi connectivity index (χ3n) is 4.58. The lowest BCUT2D eigenvalue weighted by Gasteiger charge is -2.35. The molecular formula is C16H21N3O2. The minimum atomic E-state index is -0.133. The molecule has 0 unspecified atom stereocenters. The summed E-state index contributed by atoms with van der Waals surface area (Å²) in [4.78, 5) is 12.3. The molecule has 1 aliphatic rings. The second-order valence-corrected chi connectivity index (χ2v) is 6.07. The van der Waals surface area contributed by atoms with Crippen LogP contribution < -0.4 is 5.32 Å². The maximum absolute atomic E-state index is 12.3. The van der Waals surface area contributed by atoms with Crippen molar-refractivity contribution >= 4 is 16.8 Å². The Morgan fingerprint density at radius 2 is 2.14 bits per heavy atom. The fraction of sp³-hybridized carbons (Fsp3) is 0.500. The Kier molecular flexibility index (Phi) is 3.92. The minimum Gasteiger partial charge on any atom is -0.396 e. The SMILES string of the molecule is O=C(NCC1(CO)CCCCC1)c1ccc2cn[nH]c2c1. The van der Waals surface area contributed by atoms with Crippen molar-refractivity contribution in [2.75, 3.05) is 13.2 Å². The lowest BCUT2D eigenvalue weighted by molar-refractivity contribution is 0.0718. The zero-order valence-electron chi connectivity index (χ0n) is 12.1. The third-order valence-corrected chi connectivity index (χ3v) is 4.58. The summed E-state index contributed by atoms with van der Waals surface area (Å²) in [5, 5.41) is 20.5. The summed E-state index contributed by atoms with van der Waals surface area (Å²) in [6.45, 7) is 0.691. The van der Waals surface area contributed by atoms with E-state index in [1.54, 1.807) is 12.3 Å². The minimum absolute atomic E-state index is 0.0927. The molecule has 0 atom stereocenters. The normalized spacial score (nSPS) is 17.8. The molecule has 5 nitrogen and oxygen atoms in total. The van der Waals surface area contributed by atoms with Gasteiger partial charge in [0.15, 0.2) is 0 Å². The summed E-state index contributed by atoms with van der Waals surface area (Å²) in [5.41, 5.74) is 1.35. The summed E-state index contributed by atoms with van der Waals surface area (Å²) in [6.07, 6.45) is 7.21. The lowest BCUT2D eigenvalue weighted by atomic mass is 9.74. The van der Waals surface area contributed by atoms with Crippen molar-refractivity contribution in [3.05, 3.63) is 30.0 Å². The highest BCUT2D eigenvalue weighted by Gasteiger charge is 2.31. The first-order valence-electron chi connectivity index (χ1n) is 7.55. The number of rotatable bonds is 4. The van der Waals surface area contributed by atoms with E-state index >= 15 is 0 Å². The molecule has 0 aliphatic heterocycles. The number of aliphatic hydroxyl groups is 1. The van der Waals surface area contributed by atoms with E-state index in [4.69, 9.17) is 0 Å². The van der Waals surface area contributed by atoms with Crippen LogP contribution in [0.3, 0.4) is 0 Å². The third kappa shape index (κ3) is 2.93. The molecule has 1 amide bonds. The van der Waals surface area contributed by atoms with Crippen molar-refractivity contribution in [3.63, 3.8) is 0 Å². The van der Waals surface area contributed by atoms with Crippen LogP contribution in [0.15, 0.2) is 24.4 Å². The molecule has 0 spiro atoms. The Labute approximate surface area is 123 Å². The van der Waals surface area contributed by atoms with E-state index in [2.05, 4.69) is 15.5 Å². The van der Waals surface area contributed by atoms with E-state index in [1.165, 1.54) is 6.42 Å². The van der Waals surface area contributed by atoms with Crippen LogP contribution >= 0.6 is 0 Å². The number of aromatic nitrogens is 2. The summed E-state index contributed by atoms with van der Waals surface area (Å²) >= 11 is 0. The summed E-state index contributed by atoms with van der Waals surface area (Å²) in [6, 6.07) is 5.50. The summed E-state index contributed by atoms with van der Waals surface area (Å²) in [7, 11) is 0. The van der Waals surface area contributed by atoms with Gasteiger partial charge in [0, 0.05) is 22.9 Å². The van der Waals surface area contributed by atoms with Crippen molar-refractivity contribution < 1.29 is 9.90 Å². The van der Waals surface area contributed by atoms with Crippen molar-refractivity contribution in [2.24, 2.45) is 5.41 Å². The van der Waals surface area contributed by atoms with Crippen LogP contribution in [0, 0.1) is 5.41 Å². The lowest BCUT2D eigenvalue weighted by Crippen LogP contribution is -2.41. The van der Waals surface area contributed by atoms with Crippen LogP contribution in [0.1, 0.15) is 42.5 Å². The van der Waals surface area contributed by atoms with Gasteiger partial charge < -0.3 is 10.4 Å². The number of aliphatic hydroxyl groups excluding tert-OH is 1. The number of hydrogen-bond acceptors (Lipinski definition) is 3. The molecule has 1 aliphatic carbocycles. The van der Waals surface area contributed by atoms with Gasteiger partial charge in [0.2, 0.25) is 0 Å². The predicted octanol–water partition coefficient (Wildman–Crippen LogP) is 2.24. The highest BCUT2D eigenvalue weighted by Crippen LogP contribution is 2.35. The van der Waals surface area contributed by atoms with Gasteiger partial charge in [-0.1, -0.05) is 25.3 Å². The number of H-pyrrole nitrogens is 1. The molecule has 1 fully saturated rings. The van der Waals surface area contributed by atoms with Crippen LogP contribution in [0.5, 0.6) is 0 Å². The number of nitrogens with zero attached hydrogens (tertiary/aromatic N) is 1. The molecular weight excluding hydrogens is 266 g/mol. The van der Waals surface area contributed by atoms with Crippen LogP contribution in [0.25, 0.3) is 10.9 Å². The second-order valence-electron chi connectivity index (χ2n) is 6.07. The Bertz CT molecular complexity index is 629. The van der Waals surface area contributed by atoms with Crippen molar-refractivity contribution in [3.8, 4) is 0 Å². The van der Waals surface area contributed by atoms with Gasteiger partial charge in [0.1, 0.15) is 0 Å². The molecule has 3 rings (SSSR count). The molecule has 0 radical (unpaired) electrons. The van der Waals surface area contributed by atoms with Gasteiger partial charge in [-0.05, 0) is 25.0 Å². The maximum atomic E-state index is 12.3. The Hall–Kier alpha value is -1.88. The van der Waals surface area contributed by atoms with E-state index < -0.39 is 0 Å². The molecule has 2 aromatic rings. The first-order valence-corrected chi connectivity index (χ1v) is 7.55. The number of hydrogen-bond donors (Lipinski definition) is 3. The average Bonchev–Trinajstić information content (AvgIpc) is 3.01. The first kappa shape index (κ1) is 14.1. The second kappa shape index (κ2) is 5.85. The molecule has 0 bridgehead atoms. The van der Waals surface area contributed by atoms with Gasteiger partial charge in [0.25, 0.3) is 5.91 Å². The maximum Gasteiger partial charge on any atom is 0.251 e. The standard InChI is InChI=1S/C16H21N3O2/c20-11-16(6-2-1-3-7-16)10-17-15(21)12-4-5-13-9-18-19-14(13)8-12/h4-5,8-9,20H,1-3,6-7,10-11H2,(H,17,21)(H,18,19). The highest BCUT2D eigenvalue weighted by atomic mass is 16.3. The van der Waals surface area contributed by atoms with E-state index in [0.717, 1.165) is 36.6 Å². The molecule has 112 valence electrons. The zero-order chi connectivity index (χ0) is 14.7. The number of benzene rings is 1. The van der Waals surface area contributed by atoms with E-state index in [9.17, 15) is 9.90 Å². The average molecular weight is 287 g/mol. The molecule has 1 saturated carbocycles. The fourth-order valence-corrected chi connectivity index (χ4v) is 3.14. The molecule has 1 heterocycles. The van der Waals surface area contributed by atoms with Crippen molar-refractivity contribution in [1.29, 1.82) is 0 Å². The van der Waals surface area contributed by atoms with Crippen LogP contribution in [0.2, 0.25) is 0 Å². The first-order chi connectivity index (χ1) is 10.2. The van der Waals surface area contributed by atoms with Gasteiger partial charge in [0.05, 0.1) is 18.3 Å². The number of carbonyl (C=O) groups is 1. The van der Waals surface area contributed by atoms with Crippen LogP contribution in [-0.2, 0) is 0 Å². The Morgan fingerprint density at radius 3 is 2.90 bits per heavy atom. The quantitative estimate of drug-likeness (QED) is 0.807. The van der Waals surface area contributed by atoms with Crippen LogP contribution in [-0.4, -0.2) is 34.4 Å². The summed E-state index contributed by atoms with van der Waals surface area (Å²) < 4.78 is 0. The van der Waals surface area contributed by atoms with Gasteiger partial charge in [-0.2, -0.15) is 5.10 Å². The topological polar surface area (TPSA) is 78.0 Å². The van der Waals surface area contributed by atoms with E-state index in [0.29, 0.717) is 12.1 Å². The monoisotopic (exact) mass is 287 g/mol. The molecule has 3 N–H and O–H groups in total. The molecule has 5 heteroatoms.